The summed E-state index contributed by atoms with van der Waals surface area (Å²) in [6.45, 7) is 5.42. The number of carbonyl (C=O) groups excluding carboxylic acids is 1. The number of ether oxygens (including phenoxy) is 2. The van der Waals surface area contributed by atoms with E-state index < -0.39 is 5.97 Å². The van der Waals surface area contributed by atoms with Gasteiger partial charge in [0.25, 0.3) is 0 Å². The quantitative estimate of drug-likeness (QED) is 0.600. The van der Waals surface area contributed by atoms with Crippen molar-refractivity contribution in [3.8, 4) is 0 Å². The number of esters is 1. The first-order valence-corrected chi connectivity index (χ1v) is 5.55. The minimum Gasteiger partial charge on any atom is -0.460 e. The SMILES string of the molecule is CC(C)COCCOC(=O)c1cncc(N)c1. The van der Waals surface area contributed by atoms with Crippen LogP contribution in [0.1, 0.15) is 24.2 Å². The molecule has 0 saturated heterocycles. The Bertz CT molecular complexity index is 367. The maximum Gasteiger partial charge on any atom is 0.339 e. The molecular weight excluding hydrogens is 220 g/mol. The van der Waals surface area contributed by atoms with Crippen LogP contribution >= 0.6 is 0 Å². The number of nitrogen functional groups attached to an aromatic ring is 1. The largest absolute Gasteiger partial charge is 0.460 e. The van der Waals surface area contributed by atoms with E-state index in [1.807, 2.05) is 0 Å². The lowest BCUT2D eigenvalue weighted by atomic mass is 10.2. The molecule has 1 rings (SSSR count). The molecule has 1 aromatic rings. The zero-order valence-corrected chi connectivity index (χ0v) is 10.2. The highest BCUT2D eigenvalue weighted by Gasteiger charge is 2.07. The van der Waals surface area contributed by atoms with Gasteiger partial charge in [-0.3, -0.25) is 4.98 Å². The molecule has 0 bridgehead atoms. The highest BCUT2D eigenvalue weighted by Crippen LogP contribution is 2.05. The van der Waals surface area contributed by atoms with Crippen molar-refractivity contribution in [1.82, 2.24) is 4.98 Å². The molecule has 5 heteroatoms. The van der Waals surface area contributed by atoms with Crippen LogP contribution in [0.2, 0.25) is 0 Å². The number of hydrogen-bond donors (Lipinski definition) is 1. The van der Waals surface area contributed by atoms with Crippen LogP contribution in [0, 0.1) is 5.92 Å². The summed E-state index contributed by atoms with van der Waals surface area (Å²) >= 11 is 0. The van der Waals surface area contributed by atoms with Crippen LogP contribution in [-0.2, 0) is 9.47 Å². The predicted molar refractivity (Wildman–Crippen MR) is 64.6 cm³/mol. The Balaban J connectivity index is 2.26. The molecule has 5 nitrogen and oxygen atoms in total. The molecule has 0 spiro atoms. The fourth-order valence-electron chi connectivity index (χ4n) is 1.17. The third-order valence-electron chi connectivity index (χ3n) is 1.91. The number of nitrogens with two attached hydrogens (primary N) is 1. The summed E-state index contributed by atoms with van der Waals surface area (Å²) in [5.74, 6) is 0.0433. The molecule has 0 radical (unpaired) electrons. The maximum absolute atomic E-state index is 11.5. The Kier molecular flexibility index (Phi) is 5.42. The van der Waals surface area contributed by atoms with E-state index in [1.165, 1.54) is 18.5 Å². The van der Waals surface area contributed by atoms with Crippen LogP contribution in [0.4, 0.5) is 5.69 Å². The van der Waals surface area contributed by atoms with E-state index in [2.05, 4.69) is 18.8 Å². The van der Waals surface area contributed by atoms with Crippen LogP contribution in [0.25, 0.3) is 0 Å². The Hall–Kier alpha value is -1.62. The van der Waals surface area contributed by atoms with Gasteiger partial charge in [-0.2, -0.15) is 0 Å². The van der Waals surface area contributed by atoms with Crippen LogP contribution in [0.15, 0.2) is 18.5 Å². The van der Waals surface area contributed by atoms with Crippen molar-refractivity contribution in [2.24, 2.45) is 5.92 Å². The van der Waals surface area contributed by atoms with E-state index >= 15 is 0 Å². The van der Waals surface area contributed by atoms with Crippen LogP contribution in [-0.4, -0.2) is 30.8 Å². The highest BCUT2D eigenvalue weighted by atomic mass is 16.6. The molecular formula is C12H18N2O3. The first-order valence-electron chi connectivity index (χ1n) is 5.55. The number of rotatable bonds is 6. The number of carbonyl (C=O) groups is 1. The molecule has 0 aliphatic heterocycles. The van der Waals surface area contributed by atoms with Crippen molar-refractivity contribution in [2.45, 2.75) is 13.8 Å². The van der Waals surface area contributed by atoms with E-state index in [0.29, 0.717) is 30.4 Å². The summed E-state index contributed by atoms with van der Waals surface area (Å²) in [5, 5.41) is 0. The minimum atomic E-state index is -0.432. The van der Waals surface area contributed by atoms with Gasteiger partial charge in [-0.15, -0.1) is 0 Å². The Labute approximate surface area is 101 Å². The Morgan fingerprint density at radius 1 is 1.41 bits per heavy atom. The van der Waals surface area contributed by atoms with Gasteiger partial charge in [0.05, 0.1) is 17.9 Å². The summed E-state index contributed by atoms with van der Waals surface area (Å²) < 4.78 is 10.3. The van der Waals surface area contributed by atoms with Gasteiger partial charge < -0.3 is 15.2 Å². The number of pyridine rings is 1. The van der Waals surface area contributed by atoms with Crippen molar-refractivity contribution in [3.63, 3.8) is 0 Å². The molecule has 1 aromatic heterocycles. The molecule has 0 aromatic carbocycles. The molecule has 0 unspecified atom stereocenters. The number of hydrogen-bond acceptors (Lipinski definition) is 5. The number of aromatic nitrogens is 1. The van der Waals surface area contributed by atoms with Crippen molar-refractivity contribution in [2.75, 3.05) is 25.6 Å². The molecule has 94 valence electrons. The molecule has 2 N–H and O–H groups in total. The molecule has 0 amide bonds. The fraction of sp³-hybridized carbons (Fsp3) is 0.500. The van der Waals surface area contributed by atoms with Gasteiger partial charge in [-0.05, 0) is 12.0 Å². The second-order valence-corrected chi connectivity index (χ2v) is 4.11. The first-order chi connectivity index (χ1) is 8.09. The molecule has 0 atom stereocenters. The van der Waals surface area contributed by atoms with Gasteiger partial charge in [-0.1, -0.05) is 13.8 Å². The van der Waals surface area contributed by atoms with Crippen molar-refractivity contribution in [3.05, 3.63) is 24.0 Å². The van der Waals surface area contributed by atoms with E-state index in [1.54, 1.807) is 0 Å². The summed E-state index contributed by atoms with van der Waals surface area (Å²) in [7, 11) is 0. The normalized spacial score (nSPS) is 10.5. The van der Waals surface area contributed by atoms with E-state index in [0.717, 1.165) is 0 Å². The first kappa shape index (κ1) is 13.4. The fourth-order valence-corrected chi connectivity index (χ4v) is 1.17. The smallest absolute Gasteiger partial charge is 0.339 e. The van der Waals surface area contributed by atoms with E-state index in [9.17, 15) is 4.79 Å². The monoisotopic (exact) mass is 238 g/mol. The third kappa shape index (κ3) is 5.31. The topological polar surface area (TPSA) is 74.4 Å². The van der Waals surface area contributed by atoms with Crippen LogP contribution in [0.3, 0.4) is 0 Å². The van der Waals surface area contributed by atoms with Crippen molar-refractivity contribution in [1.29, 1.82) is 0 Å². The molecule has 0 fully saturated rings. The lowest BCUT2D eigenvalue weighted by Gasteiger charge is -2.07. The van der Waals surface area contributed by atoms with Gasteiger partial charge >= 0.3 is 5.97 Å². The standard InChI is InChI=1S/C12H18N2O3/c1-9(2)8-16-3-4-17-12(15)10-5-11(13)7-14-6-10/h5-7,9H,3-4,8,13H2,1-2H3. The Morgan fingerprint density at radius 3 is 2.82 bits per heavy atom. The molecule has 0 saturated carbocycles. The summed E-state index contributed by atoms with van der Waals surface area (Å²) in [6.07, 6.45) is 2.90. The zero-order chi connectivity index (χ0) is 12.7. The second-order valence-electron chi connectivity index (χ2n) is 4.11. The third-order valence-corrected chi connectivity index (χ3v) is 1.91. The van der Waals surface area contributed by atoms with Crippen LogP contribution in [0.5, 0.6) is 0 Å². The lowest BCUT2D eigenvalue weighted by Crippen LogP contribution is -2.13. The van der Waals surface area contributed by atoms with Gasteiger partial charge in [-0.25, -0.2) is 4.79 Å². The second kappa shape index (κ2) is 6.85. The molecule has 17 heavy (non-hydrogen) atoms. The number of anilines is 1. The maximum atomic E-state index is 11.5. The molecule has 0 aliphatic carbocycles. The average molecular weight is 238 g/mol. The van der Waals surface area contributed by atoms with E-state index in [4.69, 9.17) is 15.2 Å². The van der Waals surface area contributed by atoms with Gasteiger partial charge in [0, 0.05) is 19.0 Å². The Morgan fingerprint density at radius 2 is 2.18 bits per heavy atom. The zero-order valence-electron chi connectivity index (χ0n) is 10.2. The summed E-state index contributed by atoms with van der Waals surface area (Å²) in [5.41, 5.74) is 6.31. The average Bonchev–Trinajstić information content (AvgIpc) is 2.28. The highest BCUT2D eigenvalue weighted by molar-refractivity contribution is 5.89. The number of nitrogens with zero attached hydrogens (tertiary/aromatic N) is 1. The molecule has 0 aliphatic rings. The van der Waals surface area contributed by atoms with Gasteiger partial charge in [0.15, 0.2) is 0 Å². The summed E-state index contributed by atoms with van der Waals surface area (Å²) in [6, 6.07) is 1.53. The summed E-state index contributed by atoms with van der Waals surface area (Å²) in [4.78, 5) is 15.3. The van der Waals surface area contributed by atoms with Gasteiger partial charge in [0.1, 0.15) is 6.61 Å². The van der Waals surface area contributed by atoms with Crippen LogP contribution < -0.4 is 5.73 Å². The minimum absolute atomic E-state index is 0.236. The lowest BCUT2D eigenvalue weighted by molar-refractivity contribution is 0.0277. The van der Waals surface area contributed by atoms with Crippen molar-refractivity contribution >= 4 is 11.7 Å². The predicted octanol–water partition coefficient (Wildman–Crippen LogP) is 1.49. The van der Waals surface area contributed by atoms with Gasteiger partial charge in [0.2, 0.25) is 0 Å². The van der Waals surface area contributed by atoms with Crippen molar-refractivity contribution < 1.29 is 14.3 Å². The van der Waals surface area contributed by atoms with E-state index in [-0.39, 0.29) is 6.61 Å². The molecule has 1 heterocycles.